The highest BCUT2D eigenvalue weighted by molar-refractivity contribution is 4.91. The molecule has 2 aliphatic rings. The van der Waals surface area contributed by atoms with Crippen LogP contribution < -0.4 is 5.32 Å². The van der Waals surface area contributed by atoms with Gasteiger partial charge in [0.2, 0.25) is 0 Å². The summed E-state index contributed by atoms with van der Waals surface area (Å²) < 4.78 is 0. The van der Waals surface area contributed by atoms with Gasteiger partial charge in [0.25, 0.3) is 0 Å². The third kappa shape index (κ3) is 5.04. The minimum Gasteiger partial charge on any atom is -0.314 e. The lowest BCUT2D eigenvalue weighted by Crippen LogP contribution is -2.48. The van der Waals surface area contributed by atoms with Crippen LogP contribution in [0.25, 0.3) is 0 Å². The molecule has 2 unspecified atom stereocenters. The van der Waals surface area contributed by atoms with Gasteiger partial charge in [-0.1, -0.05) is 27.7 Å². The first-order valence-electron chi connectivity index (χ1n) is 9.00. The van der Waals surface area contributed by atoms with Gasteiger partial charge in [-0.3, -0.25) is 0 Å². The summed E-state index contributed by atoms with van der Waals surface area (Å²) >= 11 is 0. The standard InChI is InChI=1S/C18H36N2/c1-5-11-19-17-9-10-18(3,4)12-16(17)14-20(6-2)13-15-7-8-15/h15-17,19H,5-14H2,1-4H3. The van der Waals surface area contributed by atoms with Gasteiger partial charge in [-0.05, 0) is 68.9 Å². The van der Waals surface area contributed by atoms with Gasteiger partial charge >= 0.3 is 0 Å². The summed E-state index contributed by atoms with van der Waals surface area (Å²) in [7, 11) is 0. The van der Waals surface area contributed by atoms with Gasteiger partial charge in [0.05, 0.1) is 0 Å². The van der Waals surface area contributed by atoms with Crippen molar-refractivity contribution in [3.8, 4) is 0 Å². The summed E-state index contributed by atoms with van der Waals surface area (Å²) in [6.45, 7) is 14.6. The maximum atomic E-state index is 3.83. The van der Waals surface area contributed by atoms with E-state index in [4.69, 9.17) is 0 Å². The lowest BCUT2D eigenvalue weighted by molar-refractivity contribution is 0.0999. The van der Waals surface area contributed by atoms with E-state index in [-0.39, 0.29) is 0 Å². The molecule has 0 aromatic carbocycles. The van der Waals surface area contributed by atoms with Crippen molar-refractivity contribution in [3.63, 3.8) is 0 Å². The maximum Gasteiger partial charge on any atom is 0.0108 e. The molecule has 0 aliphatic heterocycles. The average molecular weight is 280 g/mol. The monoisotopic (exact) mass is 280 g/mol. The van der Waals surface area contributed by atoms with Gasteiger partial charge in [0.1, 0.15) is 0 Å². The zero-order valence-corrected chi connectivity index (χ0v) is 14.3. The van der Waals surface area contributed by atoms with Gasteiger partial charge in [0, 0.05) is 19.1 Å². The van der Waals surface area contributed by atoms with Gasteiger partial charge in [-0.25, -0.2) is 0 Å². The van der Waals surface area contributed by atoms with E-state index in [1.54, 1.807) is 0 Å². The van der Waals surface area contributed by atoms with Crippen LogP contribution in [0.5, 0.6) is 0 Å². The van der Waals surface area contributed by atoms with Gasteiger partial charge in [0.15, 0.2) is 0 Å². The Hall–Kier alpha value is -0.0800. The fourth-order valence-electron chi connectivity index (χ4n) is 3.86. The maximum absolute atomic E-state index is 3.83. The van der Waals surface area contributed by atoms with Crippen LogP contribution in [0.2, 0.25) is 0 Å². The molecule has 0 amide bonds. The van der Waals surface area contributed by atoms with E-state index in [9.17, 15) is 0 Å². The van der Waals surface area contributed by atoms with E-state index in [2.05, 4.69) is 37.9 Å². The molecule has 1 N–H and O–H groups in total. The first-order valence-corrected chi connectivity index (χ1v) is 9.00. The van der Waals surface area contributed by atoms with Gasteiger partial charge in [-0.15, -0.1) is 0 Å². The number of hydrogen-bond donors (Lipinski definition) is 1. The van der Waals surface area contributed by atoms with Crippen molar-refractivity contribution in [3.05, 3.63) is 0 Å². The molecule has 0 aromatic heterocycles. The summed E-state index contributed by atoms with van der Waals surface area (Å²) in [5, 5.41) is 3.83. The minimum absolute atomic E-state index is 0.550. The van der Waals surface area contributed by atoms with E-state index < -0.39 is 0 Å². The molecule has 2 rings (SSSR count). The van der Waals surface area contributed by atoms with Crippen LogP contribution in [0.15, 0.2) is 0 Å². The zero-order valence-electron chi connectivity index (χ0n) is 14.3. The molecule has 0 saturated heterocycles. The summed E-state index contributed by atoms with van der Waals surface area (Å²) in [5.74, 6) is 1.87. The molecular weight excluding hydrogens is 244 g/mol. The quantitative estimate of drug-likeness (QED) is 0.725. The predicted octanol–water partition coefficient (Wildman–Crippen LogP) is 3.91. The molecule has 2 saturated carbocycles. The molecule has 2 fully saturated rings. The second kappa shape index (κ2) is 7.26. The molecule has 2 aliphatic carbocycles. The summed E-state index contributed by atoms with van der Waals surface area (Å²) in [6.07, 6.45) is 8.37. The number of rotatable bonds is 8. The first kappa shape index (κ1) is 16.3. The Morgan fingerprint density at radius 1 is 1.10 bits per heavy atom. The van der Waals surface area contributed by atoms with E-state index in [0.717, 1.165) is 17.9 Å². The van der Waals surface area contributed by atoms with Crippen molar-refractivity contribution in [2.24, 2.45) is 17.3 Å². The Kier molecular flexibility index (Phi) is 5.92. The van der Waals surface area contributed by atoms with Crippen LogP contribution in [-0.4, -0.2) is 37.1 Å². The average Bonchev–Trinajstić information content (AvgIpc) is 3.20. The SMILES string of the molecule is CCCNC1CCC(C)(C)CC1CN(CC)CC1CC1. The van der Waals surface area contributed by atoms with Crippen LogP contribution >= 0.6 is 0 Å². The van der Waals surface area contributed by atoms with Crippen molar-refractivity contribution in [2.45, 2.75) is 72.3 Å². The van der Waals surface area contributed by atoms with E-state index >= 15 is 0 Å². The number of nitrogens with one attached hydrogen (secondary N) is 1. The topological polar surface area (TPSA) is 15.3 Å². The summed E-state index contributed by atoms with van der Waals surface area (Å²) in [5.41, 5.74) is 0.550. The molecule has 2 heteroatoms. The second-order valence-electron chi connectivity index (χ2n) is 8.02. The first-order chi connectivity index (χ1) is 9.54. The molecule has 0 spiro atoms. The van der Waals surface area contributed by atoms with E-state index in [1.165, 1.54) is 64.7 Å². The third-order valence-corrected chi connectivity index (χ3v) is 5.33. The molecule has 2 nitrogen and oxygen atoms in total. The fraction of sp³-hybridized carbons (Fsp3) is 1.00. The van der Waals surface area contributed by atoms with Crippen molar-refractivity contribution >= 4 is 0 Å². The van der Waals surface area contributed by atoms with E-state index in [1.807, 2.05) is 0 Å². The lowest BCUT2D eigenvalue weighted by Gasteiger charge is -2.43. The highest BCUT2D eigenvalue weighted by Crippen LogP contribution is 2.39. The Labute approximate surface area is 126 Å². The van der Waals surface area contributed by atoms with Gasteiger partial charge in [-0.2, -0.15) is 0 Å². The van der Waals surface area contributed by atoms with Gasteiger partial charge < -0.3 is 10.2 Å². The fourth-order valence-corrected chi connectivity index (χ4v) is 3.86. The van der Waals surface area contributed by atoms with E-state index in [0.29, 0.717) is 5.41 Å². The van der Waals surface area contributed by atoms with Crippen molar-refractivity contribution in [1.29, 1.82) is 0 Å². The highest BCUT2D eigenvalue weighted by Gasteiger charge is 2.35. The molecule has 0 aromatic rings. The number of nitrogens with zero attached hydrogens (tertiary/aromatic N) is 1. The molecular formula is C18H36N2. The Balaban J connectivity index is 1.90. The largest absolute Gasteiger partial charge is 0.314 e. The molecule has 0 bridgehead atoms. The summed E-state index contributed by atoms with van der Waals surface area (Å²) in [4.78, 5) is 2.73. The van der Waals surface area contributed by atoms with Crippen molar-refractivity contribution in [2.75, 3.05) is 26.2 Å². The third-order valence-electron chi connectivity index (χ3n) is 5.33. The molecule has 0 heterocycles. The smallest absolute Gasteiger partial charge is 0.0108 e. The highest BCUT2D eigenvalue weighted by atomic mass is 15.1. The number of hydrogen-bond acceptors (Lipinski definition) is 2. The Morgan fingerprint density at radius 2 is 1.85 bits per heavy atom. The van der Waals surface area contributed by atoms with Crippen LogP contribution in [0.4, 0.5) is 0 Å². The van der Waals surface area contributed by atoms with Crippen LogP contribution in [0, 0.1) is 17.3 Å². The Bertz CT molecular complexity index is 283. The second-order valence-corrected chi connectivity index (χ2v) is 8.02. The minimum atomic E-state index is 0.550. The zero-order chi connectivity index (χ0) is 14.6. The van der Waals surface area contributed by atoms with Crippen LogP contribution in [0.1, 0.15) is 66.2 Å². The molecule has 118 valence electrons. The van der Waals surface area contributed by atoms with Crippen molar-refractivity contribution in [1.82, 2.24) is 10.2 Å². The Morgan fingerprint density at radius 3 is 2.45 bits per heavy atom. The predicted molar refractivity (Wildman–Crippen MR) is 88.0 cm³/mol. The molecule has 2 atom stereocenters. The lowest BCUT2D eigenvalue weighted by atomic mass is 9.69. The van der Waals surface area contributed by atoms with Crippen molar-refractivity contribution < 1.29 is 0 Å². The molecule has 20 heavy (non-hydrogen) atoms. The van der Waals surface area contributed by atoms with Crippen LogP contribution in [-0.2, 0) is 0 Å². The normalized spacial score (nSPS) is 29.9. The molecule has 0 radical (unpaired) electrons. The van der Waals surface area contributed by atoms with Crippen LogP contribution in [0.3, 0.4) is 0 Å². The summed E-state index contributed by atoms with van der Waals surface area (Å²) in [6, 6.07) is 0.760.